The van der Waals surface area contributed by atoms with Crippen LogP contribution in [0.15, 0.2) is 0 Å². The third-order valence-corrected chi connectivity index (χ3v) is 1.83. The van der Waals surface area contributed by atoms with Gasteiger partial charge in [0.15, 0.2) is 6.10 Å². The zero-order chi connectivity index (χ0) is 6.91. The van der Waals surface area contributed by atoms with E-state index < -0.39 is 13.9 Å². The molecule has 2 unspecified atom stereocenters. The van der Waals surface area contributed by atoms with E-state index in [0.29, 0.717) is 0 Å². The molecule has 1 heterocycles. The minimum Gasteiger partial charge on any atom is -0.302 e. The molecular formula is C4H5O4P. The second-order valence-corrected chi connectivity index (χ2v) is 2.93. The maximum Gasteiger partial charge on any atom is 0.473 e. The summed E-state index contributed by atoms with van der Waals surface area (Å²) in [5.74, 6) is 2.14. The van der Waals surface area contributed by atoms with Crippen molar-refractivity contribution in [2.24, 2.45) is 0 Å². The van der Waals surface area contributed by atoms with Crippen molar-refractivity contribution in [3.8, 4) is 12.3 Å². The minimum absolute atomic E-state index is 0.00424. The van der Waals surface area contributed by atoms with Crippen LogP contribution in [0.3, 0.4) is 0 Å². The molecule has 1 rings (SSSR count). The van der Waals surface area contributed by atoms with E-state index in [1.165, 1.54) is 0 Å². The molecule has 0 aromatic rings. The Labute approximate surface area is 52.4 Å². The molecule has 0 saturated carbocycles. The fourth-order valence-electron chi connectivity index (χ4n) is 0.462. The van der Waals surface area contributed by atoms with Gasteiger partial charge in [-0.3, -0.25) is 9.05 Å². The Hall–Kier alpha value is -0.330. The third-order valence-electron chi connectivity index (χ3n) is 0.835. The number of phosphoric ester groups is 1. The van der Waals surface area contributed by atoms with Crippen molar-refractivity contribution in [2.45, 2.75) is 6.10 Å². The molecular weight excluding hydrogens is 143 g/mol. The highest BCUT2D eigenvalue weighted by molar-refractivity contribution is 7.47. The van der Waals surface area contributed by atoms with Gasteiger partial charge in [0, 0.05) is 0 Å². The van der Waals surface area contributed by atoms with Gasteiger partial charge in [-0.25, -0.2) is 4.57 Å². The Morgan fingerprint density at radius 3 is 2.78 bits per heavy atom. The van der Waals surface area contributed by atoms with Crippen molar-refractivity contribution in [1.82, 2.24) is 0 Å². The summed E-state index contributed by atoms with van der Waals surface area (Å²) in [7, 11) is -3.76. The van der Waals surface area contributed by atoms with E-state index in [-0.39, 0.29) is 6.61 Å². The molecule has 0 bridgehead atoms. The lowest BCUT2D eigenvalue weighted by molar-refractivity contribution is 0.249. The summed E-state index contributed by atoms with van der Waals surface area (Å²) in [6.45, 7) is 0.00424. The monoisotopic (exact) mass is 148 g/mol. The first-order valence-electron chi connectivity index (χ1n) is 2.26. The van der Waals surface area contributed by atoms with Crippen LogP contribution in [0.1, 0.15) is 0 Å². The molecule has 9 heavy (non-hydrogen) atoms. The van der Waals surface area contributed by atoms with Crippen LogP contribution < -0.4 is 0 Å². The molecule has 2 atom stereocenters. The lowest BCUT2D eigenvalue weighted by Gasteiger charge is -1.96. The molecule has 0 aromatic heterocycles. The van der Waals surface area contributed by atoms with Crippen LogP contribution in [-0.4, -0.2) is 17.6 Å². The predicted octanol–water partition coefficient (Wildman–Crippen LogP) is 0.135. The maximum atomic E-state index is 10.4. The molecule has 0 spiro atoms. The van der Waals surface area contributed by atoms with Crippen LogP contribution in [-0.2, 0) is 13.6 Å². The van der Waals surface area contributed by atoms with Crippen LogP contribution in [0, 0.1) is 12.3 Å². The molecule has 1 fully saturated rings. The molecule has 50 valence electrons. The van der Waals surface area contributed by atoms with E-state index in [4.69, 9.17) is 11.3 Å². The quantitative estimate of drug-likeness (QED) is 0.392. The second kappa shape index (κ2) is 2.13. The van der Waals surface area contributed by atoms with E-state index in [9.17, 15) is 4.57 Å². The van der Waals surface area contributed by atoms with Crippen LogP contribution >= 0.6 is 7.82 Å². The average molecular weight is 148 g/mol. The highest BCUT2D eigenvalue weighted by Crippen LogP contribution is 2.49. The van der Waals surface area contributed by atoms with Crippen LogP contribution in [0.5, 0.6) is 0 Å². The summed E-state index contributed by atoms with van der Waals surface area (Å²) < 4.78 is 19.0. The van der Waals surface area contributed by atoms with Gasteiger partial charge in [-0.15, -0.1) is 6.42 Å². The molecule has 4 nitrogen and oxygen atoms in total. The van der Waals surface area contributed by atoms with E-state index >= 15 is 0 Å². The van der Waals surface area contributed by atoms with Gasteiger partial charge < -0.3 is 4.89 Å². The second-order valence-electron chi connectivity index (χ2n) is 1.53. The van der Waals surface area contributed by atoms with Gasteiger partial charge in [-0.2, -0.15) is 0 Å². The van der Waals surface area contributed by atoms with Crippen LogP contribution in [0.2, 0.25) is 0 Å². The molecule has 1 aliphatic heterocycles. The van der Waals surface area contributed by atoms with Gasteiger partial charge in [0.1, 0.15) is 0 Å². The molecule has 1 aliphatic rings. The molecule has 5 heteroatoms. The fourth-order valence-corrected chi connectivity index (χ4v) is 1.29. The van der Waals surface area contributed by atoms with Crippen LogP contribution in [0.25, 0.3) is 0 Å². The standard InChI is InChI=1S/C4H5O4P/c1-2-4-3-7-9(5,6)8-4/h1,4H,3H2,(H,5,6). The highest BCUT2D eigenvalue weighted by Gasteiger charge is 2.33. The minimum atomic E-state index is -3.76. The fraction of sp³-hybridized carbons (Fsp3) is 0.500. The average Bonchev–Trinajstić information content (AvgIpc) is 2.10. The summed E-state index contributed by atoms with van der Waals surface area (Å²) in [6, 6.07) is 0. The van der Waals surface area contributed by atoms with E-state index in [0.717, 1.165) is 0 Å². The SMILES string of the molecule is C#CC1COP(=O)(O)O1. The zero-order valence-corrected chi connectivity index (χ0v) is 5.38. The van der Waals surface area contributed by atoms with Gasteiger partial charge in [0.2, 0.25) is 0 Å². The predicted molar refractivity (Wildman–Crippen MR) is 29.5 cm³/mol. The van der Waals surface area contributed by atoms with E-state index in [2.05, 4.69) is 15.0 Å². The van der Waals surface area contributed by atoms with E-state index in [1.54, 1.807) is 0 Å². The van der Waals surface area contributed by atoms with E-state index in [1.807, 2.05) is 0 Å². The molecule has 1 saturated heterocycles. The van der Waals surface area contributed by atoms with Crippen molar-refractivity contribution in [1.29, 1.82) is 0 Å². The summed E-state index contributed by atoms with van der Waals surface area (Å²) in [6.07, 6.45) is 4.20. The number of phosphoric acid groups is 1. The first-order chi connectivity index (χ1) is 4.14. The molecule has 0 amide bonds. The molecule has 0 radical (unpaired) electrons. The largest absolute Gasteiger partial charge is 0.473 e. The summed E-state index contributed by atoms with van der Waals surface area (Å²) >= 11 is 0. The highest BCUT2D eigenvalue weighted by atomic mass is 31.2. The Morgan fingerprint density at radius 1 is 1.89 bits per heavy atom. The van der Waals surface area contributed by atoms with Crippen molar-refractivity contribution in [3.05, 3.63) is 0 Å². The molecule has 0 aromatic carbocycles. The van der Waals surface area contributed by atoms with Crippen molar-refractivity contribution < 1.29 is 18.5 Å². The molecule has 0 aliphatic carbocycles. The smallest absolute Gasteiger partial charge is 0.302 e. The van der Waals surface area contributed by atoms with Gasteiger partial charge in [-0.05, 0) is 0 Å². The summed E-state index contributed by atoms with van der Waals surface area (Å²) in [5, 5.41) is 0. The Bertz CT molecular complexity index is 193. The lowest BCUT2D eigenvalue weighted by Crippen LogP contribution is -2.03. The van der Waals surface area contributed by atoms with Gasteiger partial charge in [-0.1, -0.05) is 5.92 Å². The van der Waals surface area contributed by atoms with Gasteiger partial charge in [0.25, 0.3) is 0 Å². The lowest BCUT2D eigenvalue weighted by atomic mass is 10.4. The van der Waals surface area contributed by atoms with Crippen molar-refractivity contribution >= 4 is 7.82 Å². The topological polar surface area (TPSA) is 55.8 Å². The first-order valence-corrected chi connectivity index (χ1v) is 3.75. The third kappa shape index (κ3) is 1.54. The van der Waals surface area contributed by atoms with Crippen LogP contribution in [0.4, 0.5) is 0 Å². The van der Waals surface area contributed by atoms with Gasteiger partial charge in [0.05, 0.1) is 6.61 Å². The molecule has 1 N–H and O–H groups in total. The zero-order valence-electron chi connectivity index (χ0n) is 4.48. The summed E-state index contributed by atoms with van der Waals surface area (Å²) in [4.78, 5) is 8.51. The van der Waals surface area contributed by atoms with Gasteiger partial charge >= 0.3 is 7.82 Å². The number of hydrogen-bond donors (Lipinski definition) is 1. The Balaban J connectivity index is 2.60. The normalized spacial score (nSPS) is 42.4. The van der Waals surface area contributed by atoms with Crippen molar-refractivity contribution in [2.75, 3.05) is 6.61 Å². The Morgan fingerprint density at radius 2 is 2.56 bits per heavy atom. The summed E-state index contributed by atoms with van der Waals surface area (Å²) in [5.41, 5.74) is 0. The van der Waals surface area contributed by atoms with Crippen molar-refractivity contribution in [3.63, 3.8) is 0 Å². The number of rotatable bonds is 0. The number of hydrogen-bond acceptors (Lipinski definition) is 3. The maximum absolute atomic E-state index is 10.4. The number of terminal acetylenes is 1. The first kappa shape index (κ1) is 6.79. The Kier molecular flexibility index (Phi) is 1.60.